The summed E-state index contributed by atoms with van der Waals surface area (Å²) in [7, 11) is 0. The highest BCUT2D eigenvalue weighted by molar-refractivity contribution is 5.91. The first kappa shape index (κ1) is 41.4. The summed E-state index contributed by atoms with van der Waals surface area (Å²) >= 11 is 0. The molecule has 0 aromatic rings. The van der Waals surface area contributed by atoms with Crippen molar-refractivity contribution < 1.29 is 81.7 Å². The summed E-state index contributed by atoms with van der Waals surface area (Å²) in [6.45, 7) is 9.83. The van der Waals surface area contributed by atoms with E-state index in [1.807, 2.05) is 13.8 Å². The Balaban J connectivity index is 2.05. The van der Waals surface area contributed by atoms with Gasteiger partial charge in [-0.3, -0.25) is 33.6 Å². The van der Waals surface area contributed by atoms with E-state index in [0.29, 0.717) is 6.42 Å². The molecule has 53 heavy (non-hydrogen) atoms. The van der Waals surface area contributed by atoms with Crippen LogP contribution in [0.1, 0.15) is 68.2 Å². The van der Waals surface area contributed by atoms with E-state index in [4.69, 9.17) is 37.9 Å². The molecule has 17 nitrogen and oxygen atoms in total. The molecule has 1 saturated carbocycles. The Hall–Kier alpha value is -4.35. The van der Waals surface area contributed by atoms with E-state index >= 15 is 0 Å². The van der Waals surface area contributed by atoms with Crippen molar-refractivity contribution in [3.8, 4) is 0 Å². The van der Waals surface area contributed by atoms with Gasteiger partial charge in [-0.05, 0) is 37.0 Å². The molecule has 0 unspecified atom stereocenters. The third-order valence-electron chi connectivity index (χ3n) is 10.2. The van der Waals surface area contributed by atoms with Crippen LogP contribution in [0.3, 0.4) is 0 Å². The van der Waals surface area contributed by atoms with Crippen molar-refractivity contribution in [2.45, 2.75) is 116 Å². The van der Waals surface area contributed by atoms with Gasteiger partial charge in [-0.2, -0.15) is 0 Å². The minimum atomic E-state index is -2.47. The van der Waals surface area contributed by atoms with E-state index in [0.717, 1.165) is 27.7 Å². The molecule has 1 spiro atoms. The van der Waals surface area contributed by atoms with Crippen molar-refractivity contribution in [1.29, 1.82) is 0 Å². The topological polar surface area (TPSA) is 237 Å². The molecule has 17 heteroatoms. The zero-order valence-electron chi connectivity index (χ0n) is 31.0. The van der Waals surface area contributed by atoms with Gasteiger partial charge >= 0.3 is 41.8 Å². The van der Waals surface area contributed by atoms with Gasteiger partial charge in [-0.1, -0.05) is 26.8 Å². The lowest BCUT2D eigenvalue weighted by Gasteiger charge is -2.59. The maximum absolute atomic E-state index is 13.6. The van der Waals surface area contributed by atoms with Crippen LogP contribution >= 0.6 is 0 Å². The third-order valence-corrected chi connectivity index (χ3v) is 10.2. The predicted octanol–water partition coefficient (Wildman–Crippen LogP) is 0.791. The maximum atomic E-state index is 13.6. The molecule has 2 saturated heterocycles. The predicted molar refractivity (Wildman–Crippen MR) is 176 cm³/mol. The number of carbonyl (C=O) groups is 7. The lowest BCUT2D eigenvalue weighted by Crippen LogP contribution is -2.76. The van der Waals surface area contributed by atoms with E-state index in [1.165, 1.54) is 32.1 Å². The zero-order chi connectivity index (χ0) is 39.6. The molecule has 294 valence electrons. The Bertz CT molecular complexity index is 1540. The summed E-state index contributed by atoms with van der Waals surface area (Å²) in [6, 6.07) is 0. The largest absolute Gasteiger partial charge is 0.465 e. The number of ether oxygens (including phenoxy) is 8. The number of aliphatic hydroxyl groups excluding tert-OH is 1. The molecule has 3 fully saturated rings. The molecule has 11 atom stereocenters. The summed E-state index contributed by atoms with van der Waals surface area (Å²) in [5, 5.41) is 23.1. The molecule has 0 radical (unpaired) electrons. The van der Waals surface area contributed by atoms with Gasteiger partial charge in [-0.25, -0.2) is 0 Å². The Morgan fingerprint density at radius 3 is 1.98 bits per heavy atom. The van der Waals surface area contributed by atoms with Crippen LogP contribution in [-0.4, -0.2) is 120 Å². The van der Waals surface area contributed by atoms with Crippen molar-refractivity contribution in [3.63, 3.8) is 0 Å². The number of hydrogen-bond acceptors (Lipinski definition) is 17. The monoisotopic (exact) mass is 752 g/mol. The first-order valence-corrected chi connectivity index (χ1v) is 17.3. The fourth-order valence-electron chi connectivity index (χ4n) is 7.69. The minimum Gasteiger partial charge on any atom is -0.465 e. The van der Waals surface area contributed by atoms with Crippen LogP contribution < -0.4 is 0 Å². The third kappa shape index (κ3) is 8.26. The lowest BCUT2D eigenvalue weighted by molar-refractivity contribution is -0.279. The molecule has 4 aliphatic rings. The highest BCUT2D eigenvalue weighted by Gasteiger charge is 2.81. The van der Waals surface area contributed by atoms with Gasteiger partial charge in [0.25, 0.3) is 0 Å². The smallest absolute Gasteiger partial charge is 0.317 e. The summed E-state index contributed by atoms with van der Waals surface area (Å²) in [5.74, 6) is -9.38. The Labute approximate surface area is 306 Å². The number of esters is 7. The van der Waals surface area contributed by atoms with Gasteiger partial charge in [0, 0.05) is 33.6 Å². The lowest BCUT2D eigenvalue weighted by atomic mass is 9.51. The molecule has 0 bridgehead atoms. The number of fused-ring (bicyclic) bond motifs is 3. The molecule has 0 aromatic carbocycles. The summed E-state index contributed by atoms with van der Waals surface area (Å²) in [5.41, 5.74) is -6.28. The van der Waals surface area contributed by atoms with Gasteiger partial charge in [-0.15, -0.1) is 0 Å². The molecular formula is C36H48O17. The van der Waals surface area contributed by atoms with Gasteiger partial charge in [0.05, 0.1) is 31.2 Å². The van der Waals surface area contributed by atoms with Gasteiger partial charge in [0.1, 0.15) is 24.2 Å². The number of carbonyl (C=O) groups excluding carboxylic acids is 7. The summed E-state index contributed by atoms with van der Waals surface area (Å²) in [4.78, 5) is 90.8. The van der Waals surface area contributed by atoms with E-state index in [-0.39, 0.29) is 24.7 Å². The first-order valence-electron chi connectivity index (χ1n) is 17.3. The highest BCUT2D eigenvalue weighted by atomic mass is 16.7. The Morgan fingerprint density at radius 1 is 0.887 bits per heavy atom. The molecule has 0 aromatic heterocycles. The maximum Gasteiger partial charge on any atom is 0.317 e. The normalized spacial score (nSPS) is 37.4. The molecule has 4 rings (SSSR count). The molecular weight excluding hydrogens is 704 g/mol. The fourth-order valence-corrected chi connectivity index (χ4v) is 7.69. The van der Waals surface area contributed by atoms with Crippen LogP contribution in [0.5, 0.6) is 0 Å². The van der Waals surface area contributed by atoms with Crippen molar-refractivity contribution in [3.05, 3.63) is 23.8 Å². The zero-order valence-corrected chi connectivity index (χ0v) is 31.0. The number of epoxide rings is 1. The summed E-state index contributed by atoms with van der Waals surface area (Å²) in [6.07, 6.45) is -6.61. The van der Waals surface area contributed by atoms with Crippen LogP contribution in [0, 0.1) is 23.2 Å². The molecule has 2 N–H and O–H groups in total. The minimum absolute atomic E-state index is 0.0380. The molecule has 0 amide bonds. The van der Waals surface area contributed by atoms with E-state index in [1.54, 1.807) is 0 Å². The van der Waals surface area contributed by atoms with Crippen LogP contribution in [0.15, 0.2) is 23.8 Å². The molecule has 2 heterocycles. The standard InChI is InChI=1S/C36H48O17/c1-17(2)11-12-46-26(42)14-27(43)52-24-10-9-23(15-37)13-25-36(45,18(3)33(44)53-25)32(51-22(7)41)29-34(24,8)30(49-20(5)39)28(48-19(4)38)31(50-21(6)40)35(29)16-47-35/h9-10,13,17-18,24-25,28-32,37,45H,11-12,14-16H2,1-8H3/b10-9-,23-13+/t18-,24-,25-,28+,29+,30-,31+,32-,34+,35-,36-/m0/s1. The van der Waals surface area contributed by atoms with Gasteiger partial charge in [0.15, 0.2) is 30.0 Å². The molecule has 2 aliphatic heterocycles. The van der Waals surface area contributed by atoms with Crippen LogP contribution in [0.4, 0.5) is 0 Å². The van der Waals surface area contributed by atoms with Gasteiger partial charge < -0.3 is 48.1 Å². The van der Waals surface area contributed by atoms with E-state index in [2.05, 4.69) is 0 Å². The van der Waals surface area contributed by atoms with Crippen LogP contribution in [0.2, 0.25) is 0 Å². The van der Waals surface area contributed by atoms with Crippen molar-refractivity contribution in [2.75, 3.05) is 19.8 Å². The quantitative estimate of drug-likeness (QED) is 0.128. The number of aliphatic hydroxyl groups is 2. The van der Waals surface area contributed by atoms with Gasteiger partial charge in [0.2, 0.25) is 0 Å². The summed E-state index contributed by atoms with van der Waals surface area (Å²) < 4.78 is 46.1. The number of rotatable bonds is 11. The first-order chi connectivity index (χ1) is 24.7. The second-order valence-electron chi connectivity index (χ2n) is 14.5. The average Bonchev–Trinajstić information content (AvgIpc) is 3.79. The average molecular weight is 753 g/mol. The van der Waals surface area contributed by atoms with Crippen LogP contribution in [-0.2, 0) is 71.5 Å². The van der Waals surface area contributed by atoms with Crippen molar-refractivity contribution >= 4 is 41.8 Å². The van der Waals surface area contributed by atoms with E-state index in [9.17, 15) is 43.8 Å². The Morgan fingerprint density at radius 2 is 1.45 bits per heavy atom. The van der Waals surface area contributed by atoms with E-state index < -0.39 is 120 Å². The Kier molecular flexibility index (Phi) is 12.5. The fraction of sp³-hybridized carbons (Fsp3) is 0.694. The van der Waals surface area contributed by atoms with Crippen LogP contribution in [0.25, 0.3) is 0 Å². The van der Waals surface area contributed by atoms with Crippen molar-refractivity contribution in [2.24, 2.45) is 23.2 Å². The molecule has 2 aliphatic carbocycles. The second-order valence-corrected chi connectivity index (χ2v) is 14.5. The van der Waals surface area contributed by atoms with Crippen molar-refractivity contribution in [1.82, 2.24) is 0 Å². The SMILES string of the molecule is CC(=O)O[C@H]1[C@@H](OC(C)=O)[C@]2(CO2)[C@@H]2[C@H](OC(C)=O)[C@@]3(O)[C@H](/C=C(CO)\C=C/[C@H](OC(=O)CC(=O)OCCC(C)C)[C@@]2(C)[C@H]1OC(C)=O)OC(=O)[C@@H]3C. The highest BCUT2D eigenvalue weighted by Crippen LogP contribution is 2.63. The second kappa shape index (κ2) is 15.9. The number of hydrogen-bond donors (Lipinski definition) is 2.